The van der Waals surface area contributed by atoms with Crippen LogP contribution in [-0.2, 0) is 4.79 Å². The summed E-state index contributed by atoms with van der Waals surface area (Å²) in [5, 5.41) is 11.8. The van der Waals surface area contributed by atoms with Crippen molar-refractivity contribution < 1.29 is 14.5 Å². The van der Waals surface area contributed by atoms with Crippen LogP contribution in [0.3, 0.4) is 0 Å². The van der Waals surface area contributed by atoms with Gasteiger partial charge >= 0.3 is 0 Å². The van der Waals surface area contributed by atoms with Crippen molar-refractivity contribution in [1.29, 1.82) is 0 Å². The Kier molecular flexibility index (Phi) is 16.2. The van der Waals surface area contributed by atoms with Crippen LogP contribution in [-0.4, -0.2) is 51.3 Å². The molecule has 4 heteroatoms. The fourth-order valence-electron chi connectivity index (χ4n) is 13.8. The zero-order chi connectivity index (χ0) is 38.7. The maximum absolute atomic E-state index is 14.2. The fourth-order valence-corrected chi connectivity index (χ4v) is 13.8. The van der Waals surface area contributed by atoms with Crippen molar-refractivity contribution >= 4 is 11.5 Å². The van der Waals surface area contributed by atoms with Gasteiger partial charge in [0.05, 0.1) is 17.1 Å². The molecule has 1 N–H and O–H groups in total. The lowest BCUT2D eigenvalue weighted by Crippen LogP contribution is -2.40. The minimum Gasteiger partial charge on any atom is -0.506 e. The third-order valence-corrected chi connectivity index (χ3v) is 16.5. The molecule has 0 amide bonds. The molecular formula is C52H85N2O2+. The third-order valence-electron chi connectivity index (χ3n) is 16.5. The van der Waals surface area contributed by atoms with Gasteiger partial charge in [-0.3, -0.25) is 4.79 Å². The number of carbonyl (C=O) groups excluding carboxylic acids is 1. The van der Waals surface area contributed by atoms with E-state index in [1.54, 1.807) is 0 Å². The standard InChI is InChI=1S/C52H84N2O2/c1-3-5-7-9-11-13-15-17-19-21-35-53-45-33-25-29-39-27-23-31-41(49(39)45)47(53)37-43-51(55)44(52(43)56)38-48-42-32-24-28-40-30-26-34-46(50(40)42)54(48)36-22-20-18-16-14-12-10-8-6-4-2/h37-42,45-46,49-50H,3-36H2,1-2H3/p+1. The number of hydrogen-bond acceptors (Lipinski definition) is 3. The van der Waals surface area contributed by atoms with E-state index in [-0.39, 0.29) is 5.78 Å². The summed E-state index contributed by atoms with van der Waals surface area (Å²) in [6.45, 7) is 6.88. The summed E-state index contributed by atoms with van der Waals surface area (Å²) < 4.78 is 2.79. The van der Waals surface area contributed by atoms with Crippen LogP contribution in [0.1, 0.15) is 219 Å². The highest BCUT2D eigenvalue weighted by atomic mass is 16.3. The molecule has 56 heavy (non-hydrogen) atoms. The highest BCUT2D eigenvalue weighted by molar-refractivity contribution is 6.23. The molecule has 7 aliphatic rings. The summed E-state index contributed by atoms with van der Waals surface area (Å²) in [6.07, 6.45) is 48.0. The van der Waals surface area contributed by atoms with E-state index < -0.39 is 0 Å². The summed E-state index contributed by atoms with van der Waals surface area (Å²) in [5.74, 6) is 4.80. The van der Waals surface area contributed by atoms with Gasteiger partial charge in [-0.1, -0.05) is 155 Å². The second kappa shape index (κ2) is 21.4. The van der Waals surface area contributed by atoms with Crippen LogP contribution in [0.15, 0.2) is 34.8 Å². The Labute approximate surface area is 344 Å². The molecule has 5 fully saturated rings. The summed E-state index contributed by atoms with van der Waals surface area (Å²) in [6, 6.07) is 1.29. The van der Waals surface area contributed by atoms with Gasteiger partial charge in [-0.2, -0.15) is 0 Å². The summed E-state index contributed by atoms with van der Waals surface area (Å²) in [7, 11) is 0. The van der Waals surface area contributed by atoms with Gasteiger partial charge in [-0.05, 0) is 75.2 Å². The highest BCUT2D eigenvalue weighted by Gasteiger charge is 2.55. The van der Waals surface area contributed by atoms with Gasteiger partial charge in [0.2, 0.25) is 5.78 Å². The van der Waals surface area contributed by atoms with E-state index in [1.807, 2.05) is 0 Å². The van der Waals surface area contributed by atoms with Gasteiger partial charge in [0, 0.05) is 49.0 Å². The zero-order valence-corrected chi connectivity index (χ0v) is 36.6. The Hall–Kier alpha value is -1.84. The molecule has 2 aliphatic heterocycles. The molecular weight excluding hydrogens is 685 g/mol. The molecule has 2 heterocycles. The average Bonchev–Trinajstić information content (AvgIpc) is 3.70. The van der Waals surface area contributed by atoms with E-state index >= 15 is 0 Å². The minimum absolute atomic E-state index is 0.115. The van der Waals surface area contributed by atoms with Gasteiger partial charge in [-0.25, -0.2) is 4.58 Å². The number of Topliss-reactive ketones (excluding diaryl/α,β-unsaturated/α-hetero) is 1. The predicted molar refractivity (Wildman–Crippen MR) is 235 cm³/mol. The molecule has 8 unspecified atom stereocenters. The normalized spacial score (nSPS) is 32.5. The van der Waals surface area contributed by atoms with Gasteiger partial charge in [-0.15, -0.1) is 0 Å². The number of aliphatic hydroxyl groups is 1. The Morgan fingerprint density at radius 2 is 1.11 bits per heavy atom. The van der Waals surface area contributed by atoms with Crippen molar-refractivity contribution in [3.63, 3.8) is 0 Å². The summed E-state index contributed by atoms with van der Waals surface area (Å²) >= 11 is 0. The number of rotatable bonds is 24. The lowest BCUT2D eigenvalue weighted by molar-refractivity contribution is -0.568. The maximum atomic E-state index is 14.2. The number of hydrogen-bond donors (Lipinski definition) is 1. The molecule has 1 saturated heterocycles. The quantitative estimate of drug-likeness (QED) is 0.0604. The van der Waals surface area contributed by atoms with E-state index in [4.69, 9.17) is 0 Å². The molecule has 0 radical (unpaired) electrons. The number of nitrogens with zero attached hydrogens (tertiary/aromatic N) is 2. The highest BCUT2D eigenvalue weighted by Crippen LogP contribution is 2.55. The monoisotopic (exact) mass is 770 g/mol. The van der Waals surface area contributed by atoms with E-state index in [1.165, 1.54) is 217 Å². The van der Waals surface area contributed by atoms with Crippen LogP contribution < -0.4 is 0 Å². The smallest absolute Gasteiger partial charge is 0.200 e. The largest absolute Gasteiger partial charge is 0.506 e. The van der Waals surface area contributed by atoms with Crippen molar-refractivity contribution in [3.05, 3.63) is 34.8 Å². The number of unbranched alkanes of at least 4 members (excludes halogenated alkanes) is 18. The number of aliphatic hydroxyl groups excluding tert-OH is 1. The molecule has 0 aromatic carbocycles. The minimum atomic E-state index is 0.115. The molecule has 7 rings (SSSR count). The van der Waals surface area contributed by atoms with Crippen LogP contribution in [0.4, 0.5) is 0 Å². The predicted octanol–water partition coefficient (Wildman–Crippen LogP) is 14.0. The molecule has 8 atom stereocenters. The van der Waals surface area contributed by atoms with Crippen LogP contribution in [0.25, 0.3) is 0 Å². The SMILES string of the molecule is CCCCCCCCCCCCN1/C(=C/C2=C(O)C(=C/C3=[N+](CCCCCCCCCCCC)C4CCCC5CCCC3C54)/C2=O)C2CCCC3CCCC1C32. The molecule has 4 nitrogen and oxygen atoms in total. The first-order valence-corrected chi connectivity index (χ1v) is 25.4. The number of likely N-dealkylation sites (tertiary alicyclic amines) is 1. The molecule has 314 valence electrons. The molecule has 0 spiro atoms. The fraction of sp³-hybridized carbons (Fsp3) is 0.846. The average molecular weight is 770 g/mol. The van der Waals surface area contributed by atoms with Crippen molar-refractivity contribution in [2.24, 2.45) is 35.5 Å². The first-order valence-electron chi connectivity index (χ1n) is 25.4. The number of ketones is 1. The second-order valence-electron chi connectivity index (χ2n) is 20.1. The van der Waals surface area contributed by atoms with Crippen molar-refractivity contribution in [1.82, 2.24) is 4.90 Å². The number of carbonyl (C=O) groups is 1. The Morgan fingerprint density at radius 1 is 0.589 bits per heavy atom. The lowest BCUT2D eigenvalue weighted by Gasteiger charge is -2.41. The molecule has 5 aliphatic carbocycles. The molecule has 0 aromatic rings. The Balaban J connectivity index is 1.04. The van der Waals surface area contributed by atoms with E-state index in [9.17, 15) is 9.90 Å². The molecule has 4 saturated carbocycles. The lowest BCUT2D eigenvalue weighted by atomic mass is 9.64. The van der Waals surface area contributed by atoms with Crippen LogP contribution in [0, 0.1) is 35.5 Å². The van der Waals surface area contributed by atoms with E-state index in [2.05, 4.69) is 35.5 Å². The van der Waals surface area contributed by atoms with Crippen LogP contribution >= 0.6 is 0 Å². The molecule has 0 aromatic heterocycles. The van der Waals surface area contributed by atoms with E-state index in [0.717, 1.165) is 36.8 Å². The van der Waals surface area contributed by atoms with Crippen LogP contribution in [0.5, 0.6) is 0 Å². The van der Waals surface area contributed by atoms with Crippen molar-refractivity contribution in [2.45, 2.75) is 231 Å². The van der Waals surface area contributed by atoms with Gasteiger partial charge < -0.3 is 10.0 Å². The summed E-state index contributed by atoms with van der Waals surface area (Å²) in [5.41, 5.74) is 4.10. The topological polar surface area (TPSA) is 43.5 Å². The number of allylic oxidation sites excluding steroid dienone is 5. The van der Waals surface area contributed by atoms with Crippen LogP contribution in [0.2, 0.25) is 0 Å². The zero-order valence-electron chi connectivity index (χ0n) is 36.6. The van der Waals surface area contributed by atoms with E-state index in [0.29, 0.717) is 40.8 Å². The molecule has 0 bridgehead atoms. The first-order chi connectivity index (χ1) is 27.6. The van der Waals surface area contributed by atoms with Gasteiger partial charge in [0.1, 0.15) is 12.3 Å². The second-order valence-corrected chi connectivity index (χ2v) is 20.1. The van der Waals surface area contributed by atoms with Gasteiger partial charge in [0.15, 0.2) is 11.8 Å². The summed E-state index contributed by atoms with van der Waals surface area (Å²) in [4.78, 5) is 17.0. The van der Waals surface area contributed by atoms with Crippen molar-refractivity contribution in [2.75, 3.05) is 13.1 Å². The van der Waals surface area contributed by atoms with Crippen molar-refractivity contribution in [3.8, 4) is 0 Å². The Morgan fingerprint density at radius 3 is 1.71 bits per heavy atom. The first kappa shape index (κ1) is 42.3. The Bertz CT molecular complexity index is 1400. The van der Waals surface area contributed by atoms with Gasteiger partial charge in [0.25, 0.3) is 0 Å². The third kappa shape index (κ3) is 9.78. The maximum Gasteiger partial charge on any atom is 0.200 e.